The fraction of sp³-hybridized carbons (Fsp3) is 0.214. The highest BCUT2D eigenvalue weighted by Crippen LogP contribution is 2.15. The highest BCUT2D eigenvalue weighted by Gasteiger charge is 2.05. The lowest BCUT2D eigenvalue weighted by Gasteiger charge is -2.07. The molecule has 0 spiro atoms. The molecular weight excluding hydrogens is 230 g/mol. The first-order valence-corrected chi connectivity index (χ1v) is 5.65. The van der Waals surface area contributed by atoms with Gasteiger partial charge in [0.2, 0.25) is 0 Å². The molecular formula is C14H15NO3. The van der Waals surface area contributed by atoms with Crippen LogP contribution < -0.4 is 5.56 Å². The van der Waals surface area contributed by atoms with Gasteiger partial charge in [-0.25, -0.2) is 0 Å². The Morgan fingerprint density at radius 3 is 2.56 bits per heavy atom. The molecule has 2 aromatic rings. The van der Waals surface area contributed by atoms with E-state index in [1.165, 1.54) is 4.57 Å². The zero-order chi connectivity index (χ0) is 13.0. The summed E-state index contributed by atoms with van der Waals surface area (Å²) in [4.78, 5) is 12.1. The molecule has 0 saturated carbocycles. The lowest BCUT2D eigenvalue weighted by Crippen LogP contribution is -2.21. The number of pyridine rings is 1. The van der Waals surface area contributed by atoms with E-state index in [9.17, 15) is 4.79 Å². The van der Waals surface area contributed by atoms with Crippen LogP contribution in [-0.2, 0) is 18.1 Å². The van der Waals surface area contributed by atoms with Crippen molar-refractivity contribution in [2.24, 2.45) is 0 Å². The zero-order valence-electron chi connectivity index (χ0n) is 10.2. The van der Waals surface area contributed by atoms with Gasteiger partial charge in [-0.05, 0) is 23.3 Å². The number of nitrogens with zero attached hydrogens (tertiary/aromatic N) is 1. The molecule has 0 aliphatic rings. The van der Waals surface area contributed by atoms with Crippen molar-refractivity contribution in [2.75, 3.05) is 7.11 Å². The Bertz CT molecular complexity index is 572. The maximum Gasteiger partial charge on any atom is 0.260 e. The summed E-state index contributed by atoms with van der Waals surface area (Å²) in [5, 5.41) is 8.99. The van der Waals surface area contributed by atoms with E-state index < -0.39 is 0 Å². The molecule has 18 heavy (non-hydrogen) atoms. The lowest BCUT2D eigenvalue weighted by molar-refractivity contribution is 0.128. The SMILES string of the molecule is COCn1cccc(-c2ccc(CO)cc2)c1=O. The summed E-state index contributed by atoms with van der Waals surface area (Å²) in [6, 6.07) is 10.9. The van der Waals surface area contributed by atoms with E-state index >= 15 is 0 Å². The minimum absolute atomic E-state index is 0.00295. The monoisotopic (exact) mass is 245 g/mol. The lowest BCUT2D eigenvalue weighted by atomic mass is 10.1. The summed E-state index contributed by atoms with van der Waals surface area (Å²) >= 11 is 0. The molecule has 0 fully saturated rings. The molecule has 0 aliphatic heterocycles. The van der Waals surface area contributed by atoms with Gasteiger partial charge in [-0.1, -0.05) is 24.3 Å². The van der Waals surface area contributed by atoms with E-state index in [2.05, 4.69) is 0 Å². The van der Waals surface area contributed by atoms with Crippen molar-refractivity contribution < 1.29 is 9.84 Å². The average Bonchev–Trinajstić information content (AvgIpc) is 2.42. The summed E-state index contributed by atoms with van der Waals surface area (Å²) in [5.41, 5.74) is 2.20. The van der Waals surface area contributed by atoms with Crippen molar-refractivity contribution in [2.45, 2.75) is 13.3 Å². The van der Waals surface area contributed by atoms with Crippen molar-refractivity contribution in [3.8, 4) is 11.1 Å². The third-order valence-electron chi connectivity index (χ3n) is 2.74. The van der Waals surface area contributed by atoms with Crippen LogP contribution in [0.5, 0.6) is 0 Å². The number of aliphatic hydroxyl groups excluding tert-OH is 1. The highest BCUT2D eigenvalue weighted by molar-refractivity contribution is 5.62. The van der Waals surface area contributed by atoms with Crippen LogP contribution in [0.25, 0.3) is 11.1 Å². The van der Waals surface area contributed by atoms with E-state index in [0.717, 1.165) is 11.1 Å². The molecule has 0 bridgehead atoms. The van der Waals surface area contributed by atoms with Gasteiger partial charge in [-0.15, -0.1) is 0 Å². The minimum atomic E-state index is -0.0869. The first kappa shape index (κ1) is 12.5. The molecule has 0 amide bonds. The van der Waals surface area contributed by atoms with Crippen LogP contribution in [0.3, 0.4) is 0 Å². The van der Waals surface area contributed by atoms with Crippen LogP contribution in [0.1, 0.15) is 5.56 Å². The van der Waals surface area contributed by atoms with Crippen LogP contribution in [0, 0.1) is 0 Å². The van der Waals surface area contributed by atoms with Crippen LogP contribution in [0.15, 0.2) is 47.4 Å². The molecule has 2 rings (SSSR count). The molecule has 4 heteroatoms. The van der Waals surface area contributed by atoms with Gasteiger partial charge < -0.3 is 9.84 Å². The highest BCUT2D eigenvalue weighted by atomic mass is 16.5. The van der Waals surface area contributed by atoms with Gasteiger partial charge in [0, 0.05) is 18.9 Å². The van der Waals surface area contributed by atoms with Crippen molar-refractivity contribution in [1.82, 2.24) is 4.57 Å². The topological polar surface area (TPSA) is 51.5 Å². The van der Waals surface area contributed by atoms with E-state index in [-0.39, 0.29) is 18.9 Å². The quantitative estimate of drug-likeness (QED) is 0.890. The number of aromatic nitrogens is 1. The Morgan fingerprint density at radius 2 is 1.94 bits per heavy atom. The summed E-state index contributed by atoms with van der Waals surface area (Å²) in [6.45, 7) is 0.240. The third-order valence-corrected chi connectivity index (χ3v) is 2.74. The molecule has 1 aromatic heterocycles. The predicted molar refractivity (Wildman–Crippen MR) is 69.1 cm³/mol. The fourth-order valence-corrected chi connectivity index (χ4v) is 1.79. The Labute approximate surface area is 105 Å². The molecule has 0 aliphatic carbocycles. The van der Waals surface area contributed by atoms with Gasteiger partial charge in [-0.3, -0.25) is 9.36 Å². The number of hydrogen-bond acceptors (Lipinski definition) is 3. The molecule has 94 valence electrons. The molecule has 1 N–H and O–H groups in total. The van der Waals surface area contributed by atoms with Crippen LogP contribution in [0.4, 0.5) is 0 Å². The van der Waals surface area contributed by atoms with Crippen molar-refractivity contribution >= 4 is 0 Å². The van der Waals surface area contributed by atoms with Gasteiger partial charge in [-0.2, -0.15) is 0 Å². The number of aliphatic hydroxyl groups is 1. The molecule has 0 atom stereocenters. The molecule has 0 unspecified atom stereocenters. The van der Waals surface area contributed by atoms with Gasteiger partial charge in [0.05, 0.1) is 6.61 Å². The van der Waals surface area contributed by atoms with Crippen molar-refractivity contribution in [1.29, 1.82) is 0 Å². The summed E-state index contributed by atoms with van der Waals surface area (Å²) in [6.07, 6.45) is 1.69. The summed E-state index contributed by atoms with van der Waals surface area (Å²) < 4.78 is 6.48. The largest absolute Gasteiger partial charge is 0.392 e. The van der Waals surface area contributed by atoms with Crippen LogP contribution in [-0.4, -0.2) is 16.8 Å². The van der Waals surface area contributed by atoms with E-state index in [4.69, 9.17) is 9.84 Å². The second-order valence-electron chi connectivity index (χ2n) is 3.97. The van der Waals surface area contributed by atoms with Crippen molar-refractivity contribution in [3.05, 3.63) is 58.5 Å². The summed E-state index contributed by atoms with van der Waals surface area (Å²) in [7, 11) is 1.55. The number of hydrogen-bond donors (Lipinski definition) is 1. The fourth-order valence-electron chi connectivity index (χ4n) is 1.79. The standard InChI is InChI=1S/C14H15NO3/c1-18-10-15-8-2-3-13(14(15)17)12-6-4-11(9-16)5-7-12/h2-8,16H,9-10H2,1H3. The van der Waals surface area contributed by atoms with Gasteiger partial charge in [0.1, 0.15) is 6.73 Å². The van der Waals surface area contributed by atoms with Gasteiger partial charge >= 0.3 is 0 Å². The Balaban J connectivity index is 2.43. The Hall–Kier alpha value is -1.91. The van der Waals surface area contributed by atoms with Crippen molar-refractivity contribution in [3.63, 3.8) is 0 Å². The van der Waals surface area contributed by atoms with Crippen LogP contribution in [0.2, 0.25) is 0 Å². The number of rotatable bonds is 4. The normalized spacial score (nSPS) is 10.6. The van der Waals surface area contributed by atoms with Gasteiger partial charge in [0.25, 0.3) is 5.56 Å². The smallest absolute Gasteiger partial charge is 0.260 e. The van der Waals surface area contributed by atoms with Crippen LogP contribution >= 0.6 is 0 Å². The zero-order valence-corrected chi connectivity index (χ0v) is 10.2. The first-order chi connectivity index (χ1) is 8.76. The number of methoxy groups -OCH3 is 1. The maximum absolute atomic E-state index is 12.1. The van der Waals surface area contributed by atoms with E-state index in [0.29, 0.717) is 5.56 Å². The molecule has 1 heterocycles. The molecule has 4 nitrogen and oxygen atoms in total. The second kappa shape index (κ2) is 5.62. The minimum Gasteiger partial charge on any atom is -0.392 e. The van der Waals surface area contributed by atoms with Gasteiger partial charge in [0.15, 0.2) is 0 Å². The third kappa shape index (κ3) is 2.50. The summed E-state index contributed by atoms with van der Waals surface area (Å²) in [5.74, 6) is 0. The number of ether oxygens (including phenoxy) is 1. The Morgan fingerprint density at radius 1 is 1.22 bits per heavy atom. The molecule has 0 saturated heterocycles. The molecule has 1 aromatic carbocycles. The Kier molecular flexibility index (Phi) is 3.92. The average molecular weight is 245 g/mol. The number of benzene rings is 1. The van der Waals surface area contributed by atoms with E-state index in [1.54, 1.807) is 19.4 Å². The predicted octanol–water partition coefficient (Wildman–Crippen LogP) is 1.61. The first-order valence-electron chi connectivity index (χ1n) is 5.65. The maximum atomic E-state index is 12.1. The second-order valence-corrected chi connectivity index (χ2v) is 3.97. The van der Waals surface area contributed by atoms with E-state index in [1.807, 2.05) is 30.3 Å². The molecule has 0 radical (unpaired) electrons.